The molecule has 1 aliphatic carbocycles. The van der Waals surface area contributed by atoms with Crippen LogP contribution in [0.1, 0.15) is 84.2 Å². The van der Waals surface area contributed by atoms with E-state index in [9.17, 15) is 4.79 Å². The van der Waals surface area contributed by atoms with Crippen molar-refractivity contribution in [1.29, 1.82) is 0 Å². The Kier molecular flexibility index (Phi) is 7.67. The van der Waals surface area contributed by atoms with Crippen molar-refractivity contribution in [2.45, 2.75) is 71.3 Å². The molecule has 0 unspecified atom stereocenters. The smallest absolute Gasteiger partial charge is 0.259 e. The summed E-state index contributed by atoms with van der Waals surface area (Å²) >= 11 is 0. The first-order valence-corrected chi connectivity index (χ1v) is 13.5. The second-order valence-electron chi connectivity index (χ2n) is 10.7. The van der Waals surface area contributed by atoms with E-state index in [-0.39, 0.29) is 5.91 Å². The van der Waals surface area contributed by atoms with Crippen LogP contribution in [0.15, 0.2) is 36.8 Å². The maximum atomic E-state index is 13.1. The van der Waals surface area contributed by atoms with Gasteiger partial charge in [-0.1, -0.05) is 19.9 Å². The van der Waals surface area contributed by atoms with E-state index in [1.165, 1.54) is 24.1 Å². The van der Waals surface area contributed by atoms with Gasteiger partial charge in [0.05, 0.1) is 42.6 Å². The summed E-state index contributed by atoms with van der Waals surface area (Å²) in [5, 5.41) is 7.44. The Bertz CT molecular complexity index is 1220. The minimum atomic E-state index is -0.192. The van der Waals surface area contributed by atoms with Crippen LogP contribution in [0.25, 0.3) is 5.82 Å². The van der Waals surface area contributed by atoms with Crippen LogP contribution in [0.2, 0.25) is 0 Å². The van der Waals surface area contributed by atoms with Crippen LogP contribution in [0.5, 0.6) is 0 Å². The van der Waals surface area contributed by atoms with E-state index in [4.69, 9.17) is 9.72 Å². The first-order valence-electron chi connectivity index (χ1n) is 13.5. The Morgan fingerprint density at radius 1 is 1.03 bits per heavy atom. The van der Waals surface area contributed by atoms with E-state index in [0.717, 1.165) is 50.4 Å². The number of nitrogens with one attached hydrogen (secondary N) is 1. The third-order valence-electron chi connectivity index (χ3n) is 7.93. The predicted octanol–water partition coefficient (Wildman–Crippen LogP) is 5.01. The first kappa shape index (κ1) is 25.5. The van der Waals surface area contributed by atoms with E-state index in [1.807, 2.05) is 25.3 Å². The summed E-state index contributed by atoms with van der Waals surface area (Å²) in [6, 6.07) is 6.71. The molecule has 5 rings (SSSR count). The molecule has 3 aromatic heterocycles. The van der Waals surface area contributed by atoms with E-state index >= 15 is 0 Å². The Morgan fingerprint density at radius 3 is 2.43 bits per heavy atom. The van der Waals surface area contributed by atoms with Gasteiger partial charge in [0.2, 0.25) is 0 Å². The van der Waals surface area contributed by atoms with Gasteiger partial charge in [-0.05, 0) is 68.7 Å². The highest BCUT2D eigenvalue weighted by molar-refractivity contribution is 6.04. The SMILES string of the molecule is Cc1cc(NC(=O)c2cnn(-c3ccc(C(C)C)cn3)c2C)cnc1[C@H]1CC[C@H](N2CCOCC2)CC1. The van der Waals surface area contributed by atoms with Gasteiger partial charge in [0.1, 0.15) is 0 Å². The van der Waals surface area contributed by atoms with Crippen LogP contribution < -0.4 is 5.32 Å². The number of anilines is 1. The highest BCUT2D eigenvalue weighted by Gasteiger charge is 2.29. The highest BCUT2D eigenvalue weighted by atomic mass is 16.5. The molecule has 37 heavy (non-hydrogen) atoms. The molecular formula is C29H38N6O2. The topological polar surface area (TPSA) is 85.2 Å². The van der Waals surface area contributed by atoms with Crippen molar-refractivity contribution < 1.29 is 9.53 Å². The summed E-state index contributed by atoms with van der Waals surface area (Å²) in [6.07, 6.45) is 10.00. The molecule has 0 bridgehead atoms. The molecule has 0 radical (unpaired) electrons. The average Bonchev–Trinajstić information content (AvgIpc) is 3.31. The average molecular weight is 503 g/mol. The zero-order chi connectivity index (χ0) is 25.9. The van der Waals surface area contributed by atoms with Gasteiger partial charge in [-0.2, -0.15) is 5.10 Å². The maximum Gasteiger partial charge on any atom is 0.259 e. The molecular weight excluding hydrogens is 464 g/mol. The van der Waals surface area contributed by atoms with Crippen LogP contribution in [0.3, 0.4) is 0 Å². The first-order chi connectivity index (χ1) is 17.9. The lowest BCUT2D eigenvalue weighted by Crippen LogP contribution is -2.44. The summed E-state index contributed by atoms with van der Waals surface area (Å²) in [6.45, 7) is 12.1. The zero-order valence-electron chi connectivity index (χ0n) is 22.4. The van der Waals surface area contributed by atoms with Gasteiger partial charge in [-0.15, -0.1) is 0 Å². The standard InChI is InChI=1S/C29H38N6O2/c1-19(2)23-7-10-27(30-16-23)35-21(4)26(18-32-35)29(36)33-24-15-20(3)28(31-17-24)22-5-8-25(9-6-22)34-11-13-37-14-12-34/h7,10,15-19,22,25H,5-6,8-9,11-14H2,1-4H3,(H,33,36)/t22-,25-. The van der Waals surface area contributed by atoms with Crippen LogP contribution in [-0.2, 0) is 4.74 Å². The quantitative estimate of drug-likeness (QED) is 0.510. The predicted molar refractivity (Wildman–Crippen MR) is 145 cm³/mol. The van der Waals surface area contributed by atoms with Crippen molar-refractivity contribution in [3.05, 3.63) is 64.9 Å². The molecule has 1 aliphatic heterocycles. The monoisotopic (exact) mass is 502 g/mol. The van der Waals surface area contributed by atoms with Crippen molar-refractivity contribution in [3.63, 3.8) is 0 Å². The van der Waals surface area contributed by atoms with E-state index in [0.29, 0.717) is 34.9 Å². The molecule has 1 saturated heterocycles. The van der Waals surface area contributed by atoms with Gasteiger partial charge in [0, 0.05) is 36.9 Å². The summed E-state index contributed by atoms with van der Waals surface area (Å²) in [7, 11) is 0. The largest absolute Gasteiger partial charge is 0.379 e. The third-order valence-corrected chi connectivity index (χ3v) is 7.93. The number of ether oxygens (including phenoxy) is 1. The van der Waals surface area contributed by atoms with E-state index < -0.39 is 0 Å². The number of aromatic nitrogens is 4. The number of carbonyl (C=O) groups is 1. The molecule has 2 aliphatic rings. The van der Waals surface area contributed by atoms with Gasteiger partial charge >= 0.3 is 0 Å². The second kappa shape index (κ2) is 11.1. The number of rotatable bonds is 6. The van der Waals surface area contributed by atoms with Gasteiger partial charge in [-0.3, -0.25) is 14.7 Å². The molecule has 8 nitrogen and oxygen atoms in total. The van der Waals surface area contributed by atoms with Crippen molar-refractivity contribution in [1.82, 2.24) is 24.6 Å². The summed E-state index contributed by atoms with van der Waals surface area (Å²) in [5.74, 6) is 1.40. The molecule has 1 amide bonds. The lowest BCUT2D eigenvalue weighted by atomic mass is 9.82. The molecule has 0 atom stereocenters. The van der Waals surface area contributed by atoms with Crippen LogP contribution in [0, 0.1) is 13.8 Å². The lowest BCUT2D eigenvalue weighted by molar-refractivity contribution is 0.00720. The molecule has 2 fully saturated rings. The highest BCUT2D eigenvalue weighted by Crippen LogP contribution is 2.36. The fourth-order valence-corrected chi connectivity index (χ4v) is 5.66. The van der Waals surface area contributed by atoms with Crippen molar-refractivity contribution >= 4 is 11.6 Å². The number of nitrogens with zero attached hydrogens (tertiary/aromatic N) is 5. The minimum Gasteiger partial charge on any atom is -0.379 e. The molecule has 0 aromatic carbocycles. The van der Waals surface area contributed by atoms with Gasteiger partial charge in [-0.25, -0.2) is 9.67 Å². The fraction of sp³-hybridized carbons (Fsp3) is 0.517. The van der Waals surface area contributed by atoms with Crippen molar-refractivity contribution in [3.8, 4) is 5.82 Å². The molecule has 0 spiro atoms. The zero-order valence-corrected chi connectivity index (χ0v) is 22.4. The molecule has 1 saturated carbocycles. The molecule has 8 heteroatoms. The van der Waals surface area contributed by atoms with E-state index in [2.05, 4.69) is 47.1 Å². The van der Waals surface area contributed by atoms with E-state index in [1.54, 1.807) is 17.1 Å². The van der Waals surface area contributed by atoms with Crippen LogP contribution in [-0.4, -0.2) is 62.9 Å². The number of hydrogen-bond donors (Lipinski definition) is 1. The minimum absolute atomic E-state index is 0.192. The Morgan fingerprint density at radius 2 is 1.78 bits per heavy atom. The Balaban J connectivity index is 1.22. The maximum absolute atomic E-state index is 13.1. The van der Waals surface area contributed by atoms with Crippen LogP contribution >= 0.6 is 0 Å². The lowest BCUT2D eigenvalue weighted by Gasteiger charge is -2.38. The van der Waals surface area contributed by atoms with Gasteiger partial charge in [0.25, 0.3) is 5.91 Å². The number of pyridine rings is 2. The summed E-state index contributed by atoms with van der Waals surface area (Å²) in [5.41, 5.74) is 5.45. The summed E-state index contributed by atoms with van der Waals surface area (Å²) in [4.78, 5) is 25.0. The fourth-order valence-electron chi connectivity index (χ4n) is 5.66. The van der Waals surface area contributed by atoms with Crippen molar-refractivity contribution in [2.75, 3.05) is 31.6 Å². The second-order valence-corrected chi connectivity index (χ2v) is 10.7. The van der Waals surface area contributed by atoms with Gasteiger partial charge < -0.3 is 10.1 Å². The molecule has 1 N–H and O–H groups in total. The summed E-state index contributed by atoms with van der Waals surface area (Å²) < 4.78 is 7.22. The molecule has 196 valence electrons. The van der Waals surface area contributed by atoms with Gasteiger partial charge in [0.15, 0.2) is 5.82 Å². The number of morpholine rings is 1. The number of aryl methyl sites for hydroxylation is 1. The number of carbonyl (C=O) groups excluding carboxylic acids is 1. The van der Waals surface area contributed by atoms with Crippen molar-refractivity contribution in [2.24, 2.45) is 0 Å². The Labute approximate surface area is 219 Å². The normalized spacial score (nSPS) is 20.8. The molecule has 3 aromatic rings. The van der Waals surface area contributed by atoms with Crippen LogP contribution in [0.4, 0.5) is 5.69 Å². The Hall–Kier alpha value is -3.10. The third kappa shape index (κ3) is 5.60. The number of amides is 1. The number of hydrogen-bond acceptors (Lipinski definition) is 6. The molecule has 4 heterocycles.